The molecule has 0 amide bonds. The summed E-state index contributed by atoms with van der Waals surface area (Å²) in [5.41, 5.74) is 0.637. The average molecular weight is 449 g/mol. The van der Waals surface area contributed by atoms with E-state index in [9.17, 15) is 5.11 Å². The molecule has 3 saturated heterocycles. The molecular weight excluding hydrogens is 416 g/mol. The van der Waals surface area contributed by atoms with Crippen LogP contribution in [0.1, 0.15) is 51.9 Å². The maximum absolute atomic E-state index is 11.3. The Balaban J connectivity index is 1.44. The van der Waals surface area contributed by atoms with Crippen molar-refractivity contribution in [1.29, 1.82) is 0 Å². The Labute approximate surface area is 180 Å². The Kier molecular flexibility index (Phi) is 6.80. The quantitative estimate of drug-likeness (QED) is 0.600. The van der Waals surface area contributed by atoms with E-state index in [1.807, 2.05) is 23.5 Å². The average Bonchev–Trinajstić information content (AvgIpc) is 2.71. The molecule has 3 fully saturated rings. The minimum absolute atomic E-state index is 0.00656. The standard InChI is InChI=1S/C20H32O3S4/c1-18(9-10-20(17(22-2)23-18)26-13-4-14-27-20)16(21)15-5-7-19(8-6-15)24-11-3-12-25-19/h5,16-17,21H,3-4,6-14H2,1-2H3/t16-,17+,18+/m1/s1. The second kappa shape index (κ2) is 8.64. The van der Waals surface area contributed by atoms with E-state index in [1.54, 1.807) is 7.11 Å². The summed E-state index contributed by atoms with van der Waals surface area (Å²) in [4.78, 5) is 0. The van der Waals surface area contributed by atoms with E-state index in [0.29, 0.717) is 4.08 Å². The van der Waals surface area contributed by atoms with Crippen LogP contribution in [0, 0.1) is 0 Å². The summed E-state index contributed by atoms with van der Waals surface area (Å²) in [6, 6.07) is 0. The lowest BCUT2D eigenvalue weighted by atomic mass is 9.82. The highest BCUT2D eigenvalue weighted by molar-refractivity contribution is 8.19. The molecule has 3 aliphatic heterocycles. The van der Waals surface area contributed by atoms with Gasteiger partial charge in [0.25, 0.3) is 0 Å². The molecule has 0 unspecified atom stereocenters. The maximum Gasteiger partial charge on any atom is 0.181 e. The van der Waals surface area contributed by atoms with Crippen molar-refractivity contribution in [3.05, 3.63) is 11.6 Å². The summed E-state index contributed by atoms with van der Waals surface area (Å²) in [7, 11) is 1.75. The zero-order chi connectivity index (χ0) is 19.0. The molecule has 3 atom stereocenters. The van der Waals surface area contributed by atoms with Crippen molar-refractivity contribution in [2.75, 3.05) is 30.1 Å². The van der Waals surface area contributed by atoms with Gasteiger partial charge >= 0.3 is 0 Å². The highest BCUT2D eigenvalue weighted by atomic mass is 32.2. The third-order valence-electron chi connectivity index (χ3n) is 6.32. The summed E-state index contributed by atoms with van der Waals surface area (Å²) in [5.74, 6) is 4.93. The van der Waals surface area contributed by atoms with Gasteiger partial charge in [-0.15, -0.1) is 47.0 Å². The van der Waals surface area contributed by atoms with Crippen molar-refractivity contribution in [3.8, 4) is 0 Å². The van der Waals surface area contributed by atoms with Gasteiger partial charge in [0.1, 0.15) is 10.2 Å². The lowest BCUT2D eigenvalue weighted by Crippen LogP contribution is -2.57. The molecule has 1 N–H and O–H groups in total. The van der Waals surface area contributed by atoms with Gasteiger partial charge in [0.15, 0.2) is 6.29 Å². The zero-order valence-electron chi connectivity index (χ0n) is 16.4. The molecule has 0 bridgehead atoms. The largest absolute Gasteiger partial charge is 0.386 e. The fraction of sp³-hybridized carbons (Fsp3) is 0.900. The van der Waals surface area contributed by atoms with Crippen molar-refractivity contribution >= 4 is 47.0 Å². The SMILES string of the molecule is CO[C@H]1O[C@](C)([C@H](O)C2=CCC3(CC2)SCCCS3)CCC12SCCCS2. The van der Waals surface area contributed by atoms with E-state index >= 15 is 0 Å². The van der Waals surface area contributed by atoms with Crippen LogP contribution in [0.3, 0.4) is 0 Å². The van der Waals surface area contributed by atoms with Crippen molar-refractivity contribution < 1.29 is 14.6 Å². The molecule has 0 aromatic carbocycles. The first-order valence-electron chi connectivity index (χ1n) is 10.1. The molecule has 0 radical (unpaired) electrons. The summed E-state index contributed by atoms with van der Waals surface area (Å²) < 4.78 is 12.7. The van der Waals surface area contributed by atoms with Gasteiger partial charge in [-0.05, 0) is 80.5 Å². The van der Waals surface area contributed by atoms with Crippen molar-refractivity contribution in [3.63, 3.8) is 0 Å². The lowest BCUT2D eigenvalue weighted by Gasteiger charge is -2.52. The number of rotatable bonds is 3. The van der Waals surface area contributed by atoms with Crippen LogP contribution in [0.25, 0.3) is 0 Å². The molecule has 4 aliphatic rings. The van der Waals surface area contributed by atoms with Gasteiger partial charge in [0, 0.05) is 7.11 Å². The van der Waals surface area contributed by atoms with Gasteiger partial charge in [0.2, 0.25) is 0 Å². The van der Waals surface area contributed by atoms with Crippen LogP contribution in [0.15, 0.2) is 11.6 Å². The molecule has 0 aromatic heterocycles. The van der Waals surface area contributed by atoms with Gasteiger partial charge in [-0.3, -0.25) is 0 Å². The highest BCUT2D eigenvalue weighted by Gasteiger charge is 2.53. The number of thioether (sulfide) groups is 4. The lowest BCUT2D eigenvalue weighted by molar-refractivity contribution is -0.244. The molecule has 0 saturated carbocycles. The van der Waals surface area contributed by atoms with Crippen LogP contribution in [-0.4, -0.2) is 61.4 Å². The minimum atomic E-state index is -0.548. The first-order valence-corrected chi connectivity index (χ1v) is 14.1. The Morgan fingerprint density at radius 3 is 2.33 bits per heavy atom. The van der Waals surface area contributed by atoms with E-state index < -0.39 is 11.7 Å². The van der Waals surface area contributed by atoms with Crippen LogP contribution < -0.4 is 0 Å². The second-order valence-corrected chi connectivity index (χ2v) is 14.5. The molecule has 3 heterocycles. The first-order chi connectivity index (χ1) is 13.0. The van der Waals surface area contributed by atoms with E-state index in [2.05, 4.69) is 36.5 Å². The molecule has 4 rings (SSSR count). The van der Waals surface area contributed by atoms with Gasteiger partial charge in [-0.1, -0.05) is 6.08 Å². The van der Waals surface area contributed by atoms with Crippen molar-refractivity contribution in [2.24, 2.45) is 0 Å². The van der Waals surface area contributed by atoms with Gasteiger partial charge < -0.3 is 14.6 Å². The number of hydrogen-bond acceptors (Lipinski definition) is 7. The smallest absolute Gasteiger partial charge is 0.181 e. The predicted octanol–water partition coefficient (Wildman–Crippen LogP) is 5.13. The number of methoxy groups -OCH3 is 1. The number of aliphatic hydroxyl groups excluding tert-OH is 1. The highest BCUT2D eigenvalue weighted by Crippen LogP contribution is 2.56. The fourth-order valence-corrected chi connectivity index (χ4v) is 11.1. The predicted molar refractivity (Wildman–Crippen MR) is 122 cm³/mol. The number of aliphatic hydroxyl groups is 1. The summed E-state index contributed by atoms with van der Waals surface area (Å²) in [6.07, 6.45) is 9.31. The molecule has 2 spiro atoms. The molecule has 154 valence electrons. The third kappa shape index (κ3) is 4.26. The molecule has 3 nitrogen and oxygen atoms in total. The number of hydrogen-bond donors (Lipinski definition) is 1. The van der Waals surface area contributed by atoms with Crippen molar-refractivity contribution in [2.45, 2.75) is 78.0 Å². The third-order valence-corrected chi connectivity index (χ3v) is 13.3. The molecule has 0 aromatic rings. The monoisotopic (exact) mass is 448 g/mol. The normalized spacial score (nSPS) is 37.1. The zero-order valence-corrected chi connectivity index (χ0v) is 19.7. The van der Waals surface area contributed by atoms with E-state index in [1.165, 1.54) is 47.8 Å². The van der Waals surface area contributed by atoms with Gasteiger partial charge in [-0.2, -0.15) is 0 Å². The Hall–Kier alpha value is 1.02. The summed E-state index contributed by atoms with van der Waals surface area (Å²) >= 11 is 8.25. The van der Waals surface area contributed by atoms with Crippen LogP contribution in [-0.2, 0) is 9.47 Å². The molecule has 7 heteroatoms. The van der Waals surface area contributed by atoms with Crippen LogP contribution in [0.4, 0.5) is 0 Å². The van der Waals surface area contributed by atoms with Crippen LogP contribution in [0.2, 0.25) is 0 Å². The summed E-state index contributed by atoms with van der Waals surface area (Å²) in [5, 5.41) is 11.3. The molecular formula is C20H32O3S4. The minimum Gasteiger partial charge on any atom is -0.386 e. The van der Waals surface area contributed by atoms with Crippen molar-refractivity contribution in [1.82, 2.24) is 0 Å². The molecule has 27 heavy (non-hydrogen) atoms. The summed E-state index contributed by atoms with van der Waals surface area (Å²) in [6.45, 7) is 2.09. The van der Waals surface area contributed by atoms with Crippen LogP contribution in [0.5, 0.6) is 0 Å². The Morgan fingerprint density at radius 1 is 1.07 bits per heavy atom. The Morgan fingerprint density at radius 2 is 1.74 bits per heavy atom. The van der Waals surface area contributed by atoms with E-state index in [-0.39, 0.29) is 10.4 Å². The fourth-order valence-electron chi connectivity index (χ4n) is 4.58. The Bertz CT molecular complexity index is 557. The van der Waals surface area contributed by atoms with Gasteiger partial charge in [-0.25, -0.2) is 0 Å². The number of allylic oxidation sites excluding steroid dienone is 1. The van der Waals surface area contributed by atoms with E-state index in [4.69, 9.17) is 9.47 Å². The number of ether oxygens (including phenoxy) is 2. The molecule has 1 aliphatic carbocycles. The first kappa shape index (κ1) is 21.3. The van der Waals surface area contributed by atoms with E-state index in [0.717, 1.165) is 25.7 Å². The topological polar surface area (TPSA) is 38.7 Å². The van der Waals surface area contributed by atoms with Crippen LogP contribution >= 0.6 is 47.0 Å². The maximum atomic E-state index is 11.3. The van der Waals surface area contributed by atoms with Gasteiger partial charge in [0.05, 0.1) is 9.68 Å². The second-order valence-electron chi connectivity index (χ2n) is 8.21.